The van der Waals surface area contributed by atoms with E-state index < -0.39 is 0 Å². The number of allylic oxidation sites excluding steroid dienone is 1. The van der Waals surface area contributed by atoms with Gasteiger partial charge in [-0.1, -0.05) is 73.7 Å². The summed E-state index contributed by atoms with van der Waals surface area (Å²) in [6.45, 7) is 7.36. The van der Waals surface area contributed by atoms with Crippen molar-refractivity contribution in [3.63, 3.8) is 0 Å². The fourth-order valence-corrected chi connectivity index (χ4v) is 5.28. The number of aryl methyl sites for hydroxylation is 2. The molecule has 0 amide bonds. The van der Waals surface area contributed by atoms with Crippen LogP contribution in [0.15, 0.2) is 79.4 Å². The number of halogens is 1. The molecule has 3 aromatic rings. The minimum Gasteiger partial charge on any atom is -0.377 e. The predicted molar refractivity (Wildman–Crippen MR) is 145 cm³/mol. The van der Waals surface area contributed by atoms with Crippen molar-refractivity contribution < 1.29 is 9.13 Å². The maximum Gasteiger partial charge on any atom is 0.131 e. The van der Waals surface area contributed by atoms with Gasteiger partial charge >= 0.3 is 0 Å². The third-order valence-corrected chi connectivity index (χ3v) is 7.42. The molecule has 3 aromatic carbocycles. The molecule has 0 bridgehead atoms. The Balaban J connectivity index is 1.30. The van der Waals surface area contributed by atoms with Gasteiger partial charge in [-0.3, -0.25) is 0 Å². The van der Waals surface area contributed by atoms with Crippen LogP contribution in [0.2, 0.25) is 0 Å². The Bertz CT molecular complexity index is 1060. The number of ether oxygens (including phenoxy) is 1. The van der Waals surface area contributed by atoms with E-state index in [0.717, 1.165) is 54.9 Å². The van der Waals surface area contributed by atoms with Crippen LogP contribution in [0.4, 0.5) is 4.39 Å². The summed E-state index contributed by atoms with van der Waals surface area (Å²) >= 11 is 0. The minimum atomic E-state index is -0.153. The molecular weight excluding hydrogens is 431 g/mol. The maximum absolute atomic E-state index is 14.9. The SMILES string of the molecule is C=CC[C@H]1CC[C@H](c2ccc(CCc3ccc(-c4ccc(COCCC)cc4)c(F)c3)cc2)CC1. The summed E-state index contributed by atoms with van der Waals surface area (Å²) in [6.07, 6.45) is 11.2. The number of benzene rings is 3. The van der Waals surface area contributed by atoms with E-state index in [1.54, 1.807) is 6.07 Å². The standard InChI is InChI=1S/C33H39FO/c1-3-5-25-8-15-29(16-9-25)30-17-10-26(11-18-30)6-7-27-14-21-32(33(34)23-27)31-19-12-28(13-20-31)24-35-22-4-2/h3,10-14,17-21,23,25,29H,1,4-9,15-16,22,24H2,2H3/t25-,29-. The third kappa shape index (κ3) is 7.15. The topological polar surface area (TPSA) is 9.23 Å². The molecule has 0 N–H and O–H groups in total. The molecule has 0 aliphatic heterocycles. The molecule has 0 aromatic heterocycles. The molecule has 0 spiro atoms. The molecule has 1 saturated carbocycles. The molecule has 0 unspecified atom stereocenters. The van der Waals surface area contributed by atoms with Gasteiger partial charge in [0.1, 0.15) is 5.82 Å². The van der Waals surface area contributed by atoms with Crippen molar-refractivity contribution in [3.8, 4) is 11.1 Å². The van der Waals surface area contributed by atoms with E-state index in [0.29, 0.717) is 18.1 Å². The van der Waals surface area contributed by atoms with Crippen molar-refractivity contribution >= 4 is 0 Å². The number of rotatable bonds is 11. The minimum absolute atomic E-state index is 0.153. The summed E-state index contributed by atoms with van der Waals surface area (Å²) in [4.78, 5) is 0. The van der Waals surface area contributed by atoms with E-state index in [-0.39, 0.29) is 5.82 Å². The molecule has 0 saturated heterocycles. The third-order valence-electron chi connectivity index (χ3n) is 7.42. The highest BCUT2D eigenvalue weighted by Crippen LogP contribution is 2.37. The van der Waals surface area contributed by atoms with Crippen LogP contribution in [0.25, 0.3) is 11.1 Å². The van der Waals surface area contributed by atoms with Gasteiger partial charge in [0.05, 0.1) is 6.61 Å². The Morgan fingerprint density at radius 1 is 0.857 bits per heavy atom. The lowest BCUT2D eigenvalue weighted by atomic mass is 9.77. The average molecular weight is 471 g/mol. The van der Waals surface area contributed by atoms with Crippen LogP contribution in [0.5, 0.6) is 0 Å². The first-order chi connectivity index (χ1) is 17.2. The molecule has 1 aliphatic carbocycles. The fourth-order valence-electron chi connectivity index (χ4n) is 5.28. The molecule has 0 heterocycles. The molecule has 1 aliphatic rings. The average Bonchev–Trinajstić information content (AvgIpc) is 2.89. The van der Waals surface area contributed by atoms with Crippen molar-refractivity contribution in [3.05, 3.63) is 107 Å². The van der Waals surface area contributed by atoms with Gasteiger partial charge in [0.2, 0.25) is 0 Å². The second-order valence-electron chi connectivity index (χ2n) is 10.0. The first kappa shape index (κ1) is 25.4. The van der Waals surface area contributed by atoms with Crippen molar-refractivity contribution in [2.24, 2.45) is 5.92 Å². The zero-order valence-corrected chi connectivity index (χ0v) is 21.1. The molecule has 35 heavy (non-hydrogen) atoms. The van der Waals surface area contributed by atoms with E-state index in [4.69, 9.17) is 4.74 Å². The van der Waals surface area contributed by atoms with Crippen LogP contribution in [0.3, 0.4) is 0 Å². The summed E-state index contributed by atoms with van der Waals surface area (Å²) in [6, 6.07) is 22.8. The molecule has 2 heteroatoms. The number of hydrogen-bond donors (Lipinski definition) is 0. The van der Waals surface area contributed by atoms with Crippen LogP contribution in [0, 0.1) is 11.7 Å². The summed E-state index contributed by atoms with van der Waals surface area (Å²) in [5.74, 6) is 1.38. The Kier molecular flexibility index (Phi) is 9.31. The molecule has 1 nitrogen and oxygen atoms in total. The number of hydrogen-bond acceptors (Lipinski definition) is 1. The van der Waals surface area contributed by atoms with Gasteiger partial charge in [0, 0.05) is 12.2 Å². The molecule has 0 radical (unpaired) electrons. The molecule has 4 rings (SSSR count). The van der Waals surface area contributed by atoms with Crippen molar-refractivity contribution in [2.45, 2.75) is 70.8 Å². The van der Waals surface area contributed by atoms with Gasteiger partial charge in [-0.2, -0.15) is 0 Å². The van der Waals surface area contributed by atoms with Gasteiger partial charge in [-0.25, -0.2) is 4.39 Å². The highest BCUT2D eigenvalue weighted by atomic mass is 19.1. The van der Waals surface area contributed by atoms with Crippen LogP contribution >= 0.6 is 0 Å². The van der Waals surface area contributed by atoms with Gasteiger partial charge in [-0.05, 0) is 97.1 Å². The van der Waals surface area contributed by atoms with E-state index in [1.807, 2.05) is 30.3 Å². The Labute approximate surface area is 211 Å². The lowest BCUT2D eigenvalue weighted by Gasteiger charge is -2.28. The fraction of sp³-hybridized carbons (Fsp3) is 0.394. The Hall–Kier alpha value is -2.71. The largest absolute Gasteiger partial charge is 0.377 e. The van der Waals surface area contributed by atoms with Crippen molar-refractivity contribution in [1.29, 1.82) is 0 Å². The zero-order chi connectivity index (χ0) is 24.5. The first-order valence-electron chi connectivity index (χ1n) is 13.3. The Morgan fingerprint density at radius 2 is 1.51 bits per heavy atom. The van der Waals surface area contributed by atoms with Crippen molar-refractivity contribution in [1.82, 2.24) is 0 Å². The van der Waals surface area contributed by atoms with E-state index in [9.17, 15) is 4.39 Å². The van der Waals surface area contributed by atoms with Crippen LogP contribution in [-0.4, -0.2) is 6.61 Å². The first-order valence-corrected chi connectivity index (χ1v) is 13.3. The maximum atomic E-state index is 14.9. The van der Waals surface area contributed by atoms with Crippen molar-refractivity contribution in [2.75, 3.05) is 6.61 Å². The molecular formula is C33H39FO. The molecule has 184 valence electrons. The lowest BCUT2D eigenvalue weighted by molar-refractivity contribution is 0.121. The van der Waals surface area contributed by atoms with Gasteiger partial charge in [0.15, 0.2) is 0 Å². The summed E-state index contributed by atoms with van der Waals surface area (Å²) in [5.41, 5.74) is 6.51. The van der Waals surface area contributed by atoms with Crippen LogP contribution in [-0.2, 0) is 24.2 Å². The van der Waals surface area contributed by atoms with Crippen LogP contribution < -0.4 is 0 Å². The van der Waals surface area contributed by atoms with Gasteiger partial charge < -0.3 is 4.74 Å². The lowest BCUT2D eigenvalue weighted by Crippen LogP contribution is -2.12. The predicted octanol–water partition coefficient (Wildman–Crippen LogP) is 9.05. The Morgan fingerprint density at radius 3 is 2.17 bits per heavy atom. The summed E-state index contributed by atoms with van der Waals surface area (Å²) < 4.78 is 20.5. The normalized spacial score (nSPS) is 17.9. The summed E-state index contributed by atoms with van der Waals surface area (Å²) in [5, 5.41) is 0. The monoisotopic (exact) mass is 470 g/mol. The van der Waals surface area contributed by atoms with Gasteiger partial charge in [-0.15, -0.1) is 6.58 Å². The van der Waals surface area contributed by atoms with Gasteiger partial charge in [0.25, 0.3) is 0 Å². The highest BCUT2D eigenvalue weighted by molar-refractivity contribution is 5.64. The molecule has 1 fully saturated rings. The van der Waals surface area contributed by atoms with E-state index in [2.05, 4.69) is 49.9 Å². The van der Waals surface area contributed by atoms with Crippen LogP contribution in [0.1, 0.15) is 73.6 Å². The van der Waals surface area contributed by atoms with E-state index in [1.165, 1.54) is 36.8 Å². The summed E-state index contributed by atoms with van der Waals surface area (Å²) in [7, 11) is 0. The second kappa shape index (κ2) is 12.8. The quantitative estimate of drug-likeness (QED) is 0.201. The smallest absolute Gasteiger partial charge is 0.131 e. The second-order valence-corrected chi connectivity index (χ2v) is 10.0. The van der Waals surface area contributed by atoms with E-state index >= 15 is 0 Å². The molecule has 0 atom stereocenters. The highest BCUT2D eigenvalue weighted by Gasteiger charge is 2.21. The zero-order valence-electron chi connectivity index (χ0n) is 21.1.